The average molecular weight is 356 g/mol. The largest absolute Gasteiger partial charge is 0.307 e. The lowest BCUT2D eigenvalue weighted by Crippen LogP contribution is -2.39. The molecule has 0 aliphatic heterocycles. The van der Waals surface area contributed by atoms with Crippen LogP contribution in [-0.2, 0) is 0 Å². The molecule has 0 radical (unpaired) electrons. The summed E-state index contributed by atoms with van der Waals surface area (Å²) in [6.45, 7) is 0. The van der Waals surface area contributed by atoms with Crippen molar-refractivity contribution in [3.63, 3.8) is 0 Å². The zero-order chi connectivity index (χ0) is 16.2. The van der Waals surface area contributed by atoms with E-state index in [1.54, 1.807) is 12.1 Å². The second-order valence-electron chi connectivity index (χ2n) is 4.47. The molecule has 0 heterocycles. The summed E-state index contributed by atoms with van der Waals surface area (Å²) in [6.07, 6.45) is 0. The molecule has 0 unspecified atom stereocenters. The highest BCUT2D eigenvalue weighted by molar-refractivity contribution is 6.77. The van der Waals surface area contributed by atoms with E-state index in [4.69, 9.17) is 34.8 Å². The smallest absolute Gasteiger partial charge is 0.256 e. The van der Waals surface area contributed by atoms with Crippen LogP contribution in [0.1, 0.15) is 10.4 Å². The number of rotatable bonds is 2. The fourth-order valence-electron chi connectivity index (χ4n) is 1.88. The van der Waals surface area contributed by atoms with Gasteiger partial charge in [-0.25, -0.2) is 0 Å². The van der Waals surface area contributed by atoms with Gasteiger partial charge < -0.3 is 5.32 Å². The van der Waals surface area contributed by atoms with E-state index in [1.165, 1.54) is 7.05 Å². The molecule has 0 spiro atoms. The minimum atomic E-state index is -1.77. The minimum Gasteiger partial charge on any atom is -0.307 e. The number of aliphatic imine (C=N–C) groups is 1. The molecule has 0 aromatic heterocycles. The van der Waals surface area contributed by atoms with Gasteiger partial charge in [-0.15, -0.1) is 0 Å². The fourth-order valence-corrected chi connectivity index (χ4v) is 2.27. The molecule has 2 rings (SSSR count). The van der Waals surface area contributed by atoms with Crippen molar-refractivity contribution in [2.75, 3.05) is 7.05 Å². The molecular formula is C16H13Cl3N2O. The van der Waals surface area contributed by atoms with Gasteiger partial charge >= 0.3 is 0 Å². The molecule has 6 heteroatoms. The predicted octanol–water partition coefficient (Wildman–Crippen LogP) is 4.48. The van der Waals surface area contributed by atoms with Crippen LogP contribution < -0.4 is 5.32 Å². The third-order valence-corrected chi connectivity index (χ3v) is 3.52. The van der Waals surface area contributed by atoms with Gasteiger partial charge in [-0.1, -0.05) is 77.3 Å². The van der Waals surface area contributed by atoms with E-state index in [-0.39, 0.29) is 11.7 Å². The number of benzene rings is 2. The summed E-state index contributed by atoms with van der Waals surface area (Å²) in [4.78, 5) is 15.9. The van der Waals surface area contributed by atoms with Gasteiger partial charge in [-0.2, -0.15) is 0 Å². The number of halogens is 3. The van der Waals surface area contributed by atoms with Crippen LogP contribution in [-0.4, -0.2) is 22.6 Å². The topological polar surface area (TPSA) is 41.5 Å². The monoisotopic (exact) mass is 354 g/mol. The number of carbonyl (C=O) groups is 1. The number of amidine groups is 1. The van der Waals surface area contributed by atoms with Crippen LogP contribution in [0.4, 0.5) is 0 Å². The Kier molecular flexibility index (Phi) is 5.46. The number of carbonyl (C=O) groups excluding carboxylic acids is 1. The summed E-state index contributed by atoms with van der Waals surface area (Å²) >= 11 is 17.2. The van der Waals surface area contributed by atoms with Crippen molar-refractivity contribution in [2.45, 2.75) is 3.79 Å². The first-order chi connectivity index (χ1) is 10.4. The molecule has 0 saturated heterocycles. The molecule has 1 amide bonds. The van der Waals surface area contributed by atoms with Gasteiger partial charge in [-0.3, -0.25) is 9.79 Å². The summed E-state index contributed by atoms with van der Waals surface area (Å²) in [6, 6.07) is 17.0. The summed E-state index contributed by atoms with van der Waals surface area (Å²) in [7, 11) is 1.44. The van der Waals surface area contributed by atoms with Crippen molar-refractivity contribution in [1.29, 1.82) is 0 Å². The Hall–Kier alpha value is -1.55. The Morgan fingerprint density at radius 1 is 0.955 bits per heavy atom. The Morgan fingerprint density at radius 2 is 1.50 bits per heavy atom. The summed E-state index contributed by atoms with van der Waals surface area (Å²) in [5.74, 6) is -0.402. The number of nitrogens with zero attached hydrogens (tertiary/aromatic N) is 1. The number of nitrogens with one attached hydrogen (secondary N) is 1. The van der Waals surface area contributed by atoms with E-state index in [0.29, 0.717) is 5.56 Å². The molecule has 114 valence electrons. The molecule has 0 aliphatic carbocycles. The van der Waals surface area contributed by atoms with Gasteiger partial charge in [0.05, 0.1) is 0 Å². The van der Waals surface area contributed by atoms with E-state index in [1.807, 2.05) is 42.5 Å². The highest BCUT2D eigenvalue weighted by Crippen LogP contribution is 2.27. The fraction of sp³-hybridized carbons (Fsp3) is 0.125. The Labute approximate surface area is 143 Å². The van der Waals surface area contributed by atoms with Crippen LogP contribution in [0.2, 0.25) is 0 Å². The van der Waals surface area contributed by atoms with Gasteiger partial charge in [0.1, 0.15) is 0 Å². The van der Waals surface area contributed by atoms with Crippen molar-refractivity contribution in [1.82, 2.24) is 5.32 Å². The molecule has 0 aliphatic rings. The van der Waals surface area contributed by atoms with E-state index in [2.05, 4.69) is 10.3 Å². The van der Waals surface area contributed by atoms with Crippen molar-refractivity contribution in [3.8, 4) is 11.1 Å². The van der Waals surface area contributed by atoms with Crippen LogP contribution in [0.3, 0.4) is 0 Å². The molecule has 3 nitrogen and oxygen atoms in total. The van der Waals surface area contributed by atoms with E-state index >= 15 is 0 Å². The van der Waals surface area contributed by atoms with Crippen molar-refractivity contribution in [3.05, 3.63) is 60.2 Å². The third kappa shape index (κ3) is 4.23. The maximum atomic E-state index is 12.1. The van der Waals surface area contributed by atoms with Crippen LogP contribution in [0.25, 0.3) is 11.1 Å². The van der Waals surface area contributed by atoms with Gasteiger partial charge in [0, 0.05) is 12.6 Å². The van der Waals surface area contributed by atoms with E-state index in [9.17, 15) is 4.79 Å². The minimum absolute atomic E-state index is 0.0189. The number of hydrogen-bond acceptors (Lipinski definition) is 2. The summed E-state index contributed by atoms with van der Waals surface area (Å²) < 4.78 is -1.77. The lowest BCUT2D eigenvalue weighted by atomic mass is 10.0. The van der Waals surface area contributed by atoms with Crippen molar-refractivity contribution < 1.29 is 4.79 Å². The van der Waals surface area contributed by atoms with Crippen LogP contribution >= 0.6 is 34.8 Å². The maximum absolute atomic E-state index is 12.1. The molecule has 0 fully saturated rings. The van der Waals surface area contributed by atoms with Crippen LogP contribution in [0.5, 0.6) is 0 Å². The first-order valence-electron chi connectivity index (χ1n) is 6.42. The third-order valence-electron chi connectivity index (χ3n) is 2.98. The second-order valence-corrected chi connectivity index (χ2v) is 6.75. The highest BCUT2D eigenvalue weighted by atomic mass is 35.6. The second kappa shape index (κ2) is 7.14. The summed E-state index contributed by atoms with van der Waals surface area (Å²) in [5.41, 5.74) is 2.55. The Morgan fingerprint density at radius 3 is 2.00 bits per heavy atom. The lowest BCUT2D eigenvalue weighted by molar-refractivity contribution is 0.0976. The first-order valence-corrected chi connectivity index (χ1v) is 7.56. The van der Waals surface area contributed by atoms with Gasteiger partial charge in [-0.05, 0) is 23.3 Å². The van der Waals surface area contributed by atoms with Crippen molar-refractivity contribution >= 4 is 46.5 Å². The zero-order valence-corrected chi connectivity index (χ0v) is 14.0. The molecule has 2 aromatic rings. The van der Waals surface area contributed by atoms with Crippen LogP contribution in [0, 0.1) is 0 Å². The standard InChI is InChI=1S/C16H13Cl3N2O/c1-20-15(16(17,18)19)21-14(22)13-9-7-12(8-10-13)11-5-3-2-4-6-11/h2-10H,1H3,(H,20,21,22). The molecule has 0 saturated carbocycles. The van der Waals surface area contributed by atoms with Crippen LogP contribution in [0.15, 0.2) is 59.6 Å². The quantitative estimate of drug-likeness (QED) is 0.481. The molecule has 0 bridgehead atoms. The molecule has 22 heavy (non-hydrogen) atoms. The summed E-state index contributed by atoms with van der Waals surface area (Å²) in [5, 5.41) is 2.50. The number of alkyl halides is 3. The molecule has 0 atom stereocenters. The molecular weight excluding hydrogens is 343 g/mol. The van der Waals surface area contributed by atoms with E-state index in [0.717, 1.165) is 11.1 Å². The van der Waals surface area contributed by atoms with E-state index < -0.39 is 3.79 Å². The normalized spacial score (nSPS) is 12.1. The number of hydrogen-bond donors (Lipinski definition) is 1. The predicted molar refractivity (Wildman–Crippen MR) is 93.0 cm³/mol. The Balaban J connectivity index is 2.15. The number of amides is 1. The molecule has 2 aromatic carbocycles. The lowest BCUT2D eigenvalue weighted by Gasteiger charge is -2.15. The van der Waals surface area contributed by atoms with Gasteiger partial charge in [0.25, 0.3) is 5.91 Å². The average Bonchev–Trinajstić information content (AvgIpc) is 2.52. The highest BCUT2D eigenvalue weighted by Gasteiger charge is 2.29. The zero-order valence-electron chi connectivity index (χ0n) is 11.7. The van der Waals surface area contributed by atoms with Gasteiger partial charge in [0.2, 0.25) is 3.79 Å². The SMILES string of the molecule is CN=C(NC(=O)c1ccc(-c2ccccc2)cc1)C(Cl)(Cl)Cl. The first kappa shape index (κ1) is 16.8. The molecule has 1 N–H and O–H groups in total. The Bertz CT molecular complexity index is 677. The maximum Gasteiger partial charge on any atom is 0.256 e. The van der Waals surface area contributed by atoms with Gasteiger partial charge in [0.15, 0.2) is 5.84 Å². The van der Waals surface area contributed by atoms with Crippen molar-refractivity contribution in [2.24, 2.45) is 4.99 Å².